The zero-order chi connectivity index (χ0) is 20.5. The molecule has 1 aliphatic rings. The van der Waals surface area contributed by atoms with E-state index in [-0.39, 0.29) is 12.1 Å². The normalized spacial score (nSPS) is 12.4. The van der Waals surface area contributed by atoms with Crippen LogP contribution in [0.25, 0.3) is 28.0 Å². The Morgan fingerprint density at radius 1 is 1.24 bits per heavy atom. The van der Waals surface area contributed by atoms with E-state index in [1.54, 1.807) is 0 Å². The molecule has 6 nitrogen and oxygen atoms in total. The number of aryl methyl sites for hydroxylation is 1. The number of nitrogens with zero attached hydrogens (tertiary/aromatic N) is 3. The second-order valence-electron chi connectivity index (χ2n) is 7.34. The van der Waals surface area contributed by atoms with E-state index < -0.39 is 0 Å². The molecule has 29 heavy (non-hydrogen) atoms. The number of benzene rings is 1. The fourth-order valence-corrected chi connectivity index (χ4v) is 3.38. The highest BCUT2D eigenvalue weighted by atomic mass is 16.2. The fraction of sp³-hybridized carbons (Fsp3) is 0.174. The summed E-state index contributed by atoms with van der Waals surface area (Å²) in [6.45, 7) is 5.78. The number of anilines is 1. The number of urea groups is 1. The van der Waals surface area contributed by atoms with Crippen LogP contribution in [-0.4, -0.2) is 21.6 Å². The van der Waals surface area contributed by atoms with Crippen molar-refractivity contribution in [2.24, 2.45) is 0 Å². The van der Waals surface area contributed by atoms with Crippen LogP contribution in [-0.2, 0) is 0 Å². The molecule has 2 aromatic heterocycles. The molecule has 0 unspecified atom stereocenters. The SMILES string of the molecule is Cc1cnc2c(c1)c(C#N)c(-c1ccc(NC(=O)NC(C)C)cc1)n2C1=CC=C1. The Kier molecular flexibility index (Phi) is 4.65. The summed E-state index contributed by atoms with van der Waals surface area (Å²) in [5.74, 6) is 0. The molecule has 0 saturated heterocycles. The molecule has 144 valence electrons. The third-order valence-corrected chi connectivity index (χ3v) is 4.68. The maximum atomic E-state index is 11.9. The van der Waals surface area contributed by atoms with Crippen LogP contribution in [0, 0.1) is 18.3 Å². The number of nitrogens with one attached hydrogen (secondary N) is 2. The second kappa shape index (κ2) is 7.28. The minimum absolute atomic E-state index is 0.0583. The number of carbonyl (C=O) groups is 1. The number of carbonyl (C=O) groups excluding carboxylic acids is 1. The maximum Gasteiger partial charge on any atom is 0.319 e. The van der Waals surface area contributed by atoms with Crippen molar-refractivity contribution in [1.29, 1.82) is 5.26 Å². The van der Waals surface area contributed by atoms with E-state index in [0.717, 1.165) is 33.6 Å². The molecule has 0 aliphatic heterocycles. The van der Waals surface area contributed by atoms with Gasteiger partial charge in [0.1, 0.15) is 11.7 Å². The standard InChI is InChI=1S/C23H21N5O/c1-14(2)26-23(29)27-17-9-7-16(8-10-17)21-20(12-24)19-11-15(3)13-25-22(19)28(21)18-5-4-6-18/h4-11,13-14H,1-3H3,(H2,26,27,29). The predicted octanol–water partition coefficient (Wildman–Crippen LogP) is 4.82. The van der Waals surface area contributed by atoms with Gasteiger partial charge in [0.25, 0.3) is 0 Å². The van der Waals surface area contributed by atoms with Crippen LogP contribution in [0.2, 0.25) is 0 Å². The van der Waals surface area contributed by atoms with Crippen molar-refractivity contribution in [2.45, 2.75) is 26.8 Å². The van der Waals surface area contributed by atoms with E-state index in [1.165, 1.54) is 0 Å². The molecule has 2 amide bonds. The van der Waals surface area contributed by atoms with Gasteiger partial charge in [-0.1, -0.05) is 18.2 Å². The number of nitriles is 1. The van der Waals surface area contributed by atoms with Crippen molar-refractivity contribution in [2.75, 3.05) is 5.32 Å². The molecule has 0 radical (unpaired) electrons. The first kappa shape index (κ1) is 18.5. The van der Waals surface area contributed by atoms with Crippen molar-refractivity contribution in [3.8, 4) is 17.3 Å². The Balaban J connectivity index is 1.79. The molecule has 1 aromatic carbocycles. The molecule has 0 bridgehead atoms. The maximum absolute atomic E-state index is 11.9. The van der Waals surface area contributed by atoms with Crippen molar-refractivity contribution >= 4 is 28.4 Å². The van der Waals surface area contributed by atoms with Gasteiger partial charge in [-0.3, -0.25) is 4.57 Å². The Labute approximate surface area is 169 Å². The predicted molar refractivity (Wildman–Crippen MR) is 115 cm³/mol. The van der Waals surface area contributed by atoms with Gasteiger partial charge in [0.2, 0.25) is 0 Å². The number of allylic oxidation sites excluding steroid dienone is 4. The third-order valence-electron chi connectivity index (χ3n) is 4.68. The number of fused-ring (bicyclic) bond motifs is 1. The summed E-state index contributed by atoms with van der Waals surface area (Å²) in [4.78, 5) is 16.5. The molecule has 6 heteroatoms. The van der Waals surface area contributed by atoms with Gasteiger partial charge >= 0.3 is 6.03 Å². The molecule has 2 heterocycles. The van der Waals surface area contributed by atoms with Crippen LogP contribution in [0.3, 0.4) is 0 Å². The molecule has 0 saturated carbocycles. The Morgan fingerprint density at radius 2 is 1.97 bits per heavy atom. The largest absolute Gasteiger partial charge is 0.336 e. The van der Waals surface area contributed by atoms with Crippen molar-refractivity contribution in [1.82, 2.24) is 14.9 Å². The Bertz CT molecular complexity index is 1210. The third kappa shape index (κ3) is 3.39. The molecule has 4 rings (SSSR count). The fourth-order valence-electron chi connectivity index (χ4n) is 3.38. The van der Waals surface area contributed by atoms with Crippen molar-refractivity contribution in [3.63, 3.8) is 0 Å². The smallest absolute Gasteiger partial charge is 0.319 e. The Hall–Kier alpha value is -3.85. The highest BCUT2D eigenvalue weighted by molar-refractivity contribution is 5.97. The number of amides is 2. The molecule has 0 spiro atoms. The monoisotopic (exact) mass is 383 g/mol. The summed E-state index contributed by atoms with van der Waals surface area (Å²) in [5.41, 5.74) is 5.72. The van der Waals surface area contributed by atoms with E-state index in [1.807, 2.05) is 80.1 Å². The molecule has 0 fully saturated rings. The first-order valence-electron chi connectivity index (χ1n) is 9.46. The van der Waals surface area contributed by atoms with Crippen LogP contribution in [0.15, 0.2) is 54.8 Å². The van der Waals surface area contributed by atoms with E-state index >= 15 is 0 Å². The van der Waals surface area contributed by atoms with Crippen LogP contribution >= 0.6 is 0 Å². The van der Waals surface area contributed by atoms with Gasteiger partial charge in [-0.15, -0.1) is 0 Å². The van der Waals surface area contributed by atoms with E-state index in [0.29, 0.717) is 11.3 Å². The zero-order valence-electron chi connectivity index (χ0n) is 16.5. The van der Waals surface area contributed by atoms with Gasteiger partial charge < -0.3 is 10.6 Å². The second-order valence-corrected chi connectivity index (χ2v) is 7.34. The average molecular weight is 383 g/mol. The number of rotatable bonds is 4. The van der Waals surface area contributed by atoms with Crippen LogP contribution in [0.4, 0.5) is 10.5 Å². The Morgan fingerprint density at radius 3 is 2.55 bits per heavy atom. The van der Waals surface area contributed by atoms with E-state index in [4.69, 9.17) is 0 Å². The number of hydrogen-bond donors (Lipinski definition) is 2. The van der Waals surface area contributed by atoms with Gasteiger partial charge in [-0.2, -0.15) is 5.26 Å². The van der Waals surface area contributed by atoms with Gasteiger partial charge in [0, 0.05) is 34.6 Å². The zero-order valence-corrected chi connectivity index (χ0v) is 16.5. The molecule has 0 atom stereocenters. The minimum Gasteiger partial charge on any atom is -0.336 e. The van der Waals surface area contributed by atoms with Gasteiger partial charge in [0.15, 0.2) is 0 Å². The lowest BCUT2D eigenvalue weighted by atomic mass is 10.1. The number of hydrogen-bond acceptors (Lipinski definition) is 3. The van der Waals surface area contributed by atoms with Crippen molar-refractivity contribution < 1.29 is 4.79 Å². The van der Waals surface area contributed by atoms with Gasteiger partial charge in [-0.05, 0) is 56.7 Å². The lowest BCUT2D eigenvalue weighted by Gasteiger charge is -2.15. The molecular formula is C23H21N5O. The average Bonchev–Trinajstić information content (AvgIpc) is 2.93. The summed E-state index contributed by atoms with van der Waals surface area (Å²) in [7, 11) is 0. The van der Waals surface area contributed by atoms with Gasteiger partial charge in [-0.25, -0.2) is 9.78 Å². The molecule has 3 aromatic rings. The van der Waals surface area contributed by atoms with Crippen LogP contribution in [0.1, 0.15) is 25.0 Å². The summed E-state index contributed by atoms with van der Waals surface area (Å²) < 4.78 is 2.02. The number of pyridine rings is 1. The summed E-state index contributed by atoms with van der Waals surface area (Å²) >= 11 is 0. The molecular weight excluding hydrogens is 362 g/mol. The summed E-state index contributed by atoms with van der Waals surface area (Å²) in [6, 6.07) is 11.7. The first-order chi connectivity index (χ1) is 14.0. The number of aromatic nitrogens is 2. The summed E-state index contributed by atoms with van der Waals surface area (Å²) in [6.07, 6.45) is 7.77. The molecule has 2 N–H and O–H groups in total. The lowest BCUT2D eigenvalue weighted by molar-refractivity contribution is 0.250. The highest BCUT2D eigenvalue weighted by Crippen LogP contribution is 2.37. The van der Waals surface area contributed by atoms with Crippen molar-refractivity contribution in [3.05, 3.63) is 65.9 Å². The van der Waals surface area contributed by atoms with E-state index in [2.05, 4.69) is 21.7 Å². The lowest BCUT2D eigenvalue weighted by Crippen LogP contribution is -2.34. The van der Waals surface area contributed by atoms with Crippen LogP contribution in [0.5, 0.6) is 0 Å². The topological polar surface area (TPSA) is 82.7 Å². The van der Waals surface area contributed by atoms with Gasteiger partial charge in [0.05, 0.1) is 11.3 Å². The van der Waals surface area contributed by atoms with Crippen LogP contribution < -0.4 is 10.6 Å². The molecule has 1 aliphatic carbocycles. The summed E-state index contributed by atoms with van der Waals surface area (Å²) in [5, 5.41) is 16.4. The first-order valence-corrected chi connectivity index (χ1v) is 9.46. The minimum atomic E-state index is -0.246. The highest BCUT2D eigenvalue weighted by Gasteiger charge is 2.22. The quantitative estimate of drug-likeness (QED) is 0.677. The van der Waals surface area contributed by atoms with E-state index in [9.17, 15) is 10.1 Å².